The van der Waals surface area contributed by atoms with Crippen LogP contribution in [0.3, 0.4) is 0 Å². The summed E-state index contributed by atoms with van der Waals surface area (Å²) in [5.41, 5.74) is -0.635. The first-order valence-electron chi connectivity index (χ1n) is 7.04. The SMILES string of the molecule is CC(C)C(=O)OCC1OC1C(C)(C)C(=O)NCC1CO1. The summed E-state index contributed by atoms with van der Waals surface area (Å²) in [5, 5.41) is 2.86. The van der Waals surface area contributed by atoms with Crippen LogP contribution in [0.1, 0.15) is 27.7 Å². The largest absolute Gasteiger partial charge is 0.463 e. The van der Waals surface area contributed by atoms with Crippen molar-refractivity contribution in [3.05, 3.63) is 0 Å². The third kappa shape index (κ3) is 3.70. The van der Waals surface area contributed by atoms with Crippen LogP contribution in [0.25, 0.3) is 0 Å². The lowest BCUT2D eigenvalue weighted by molar-refractivity contribution is -0.147. The van der Waals surface area contributed by atoms with Crippen LogP contribution in [0.2, 0.25) is 0 Å². The Morgan fingerprint density at radius 3 is 2.60 bits per heavy atom. The maximum absolute atomic E-state index is 12.1. The average Bonchev–Trinajstić information content (AvgIpc) is 3.26. The van der Waals surface area contributed by atoms with E-state index in [1.165, 1.54) is 0 Å². The van der Waals surface area contributed by atoms with E-state index in [9.17, 15) is 9.59 Å². The van der Waals surface area contributed by atoms with Crippen molar-refractivity contribution in [2.75, 3.05) is 19.8 Å². The van der Waals surface area contributed by atoms with Crippen molar-refractivity contribution in [1.29, 1.82) is 0 Å². The number of carbonyl (C=O) groups is 2. The molecular formula is C14H23NO5. The number of epoxide rings is 2. The summed E-state index contributed by atoms with van der Waals surface area (Å²) in [6.45, 7) is 8.71. The minimum atomic E-state index is -0.635. The lowest BCUT2D eigenvalue weighted by Crippen LogP contribution is -2.42. The van der Waals surface area contributed by atoms with Crippen molar-refractivity contribution in [3.63, 3.8) is 0 Å². The zero-order valence-electron chi connectivity index (χ0n) is 12.5. The minimum absolute atomic E-state index is 0.0595. The molecule has 2 saturated heterocycles. The van der Waals surface area contributed by atoms with Gasteiger partial charge in [-0.15, -0.1) is 0 Å². The second kappa shape index (κ2) is 5.69. The molecule has 1 N–H and O–H groups in total. The Hall–Kier alpha value is -1.14. The van der Waals surface area contributed by atoms with Crippen molar-refractivity contribution in [3.8, 4) is 0 Å². The molecule has 2 heterocycles. The average molecular weight is 285 g/mol. The van der Waals surface area contributed by atoms with Gasteiger partial charge in [0, 0.05) is 6.54 Å². The molecule has 2 aliphatic heterocycles. The molecule has 0 aliphatic carbocycles. The van der Waals surface area contributed by atoms with E-state index >= 15 is 0 Å². The minimum Gasteiger partial charge on any atom is -0.463 e. The van der Waals surface area contributed by atoms with E-state index < -0.39 is 5.41 Å². The fourth-order valence-electron chi connectivity index (χ4n) is 1.98. The van der Waals surface area contributed by atoms with Gasteiger partial charge in [0.2, 0.25) is 5.91 Å². The molecule has 0 spiro atoms. The van der Waals surface area contributed by atoms with Gasteiger partial charge < -0.3 is 19.5 Å². The topological polar surface area (TPSA) is 80.5 Å². The summed E-state index contributed by atoms with van der Waals surface area (Å²) >= 11 is 0. The first-order chi connectivity index (χ1) is 9.32. The van der Waals surface area contributed by atoms with E-state index in [0.717, 1.165) is 0 Å². The van der Waals surface area contributed by atoms with Crippen LogP contribution in [0, 0.1) is 11.3 Å². The molecule has 1 amide bonds. The standard InChI is InChI=1S/C14H23NO5/c1-8(2)12(16)19-7-10-11(20-10)14(3,4)13(17)15-5-9-6-18-9/h8-11H,5-7H2,1-4H3,(H,15,17). The number of hydrogen-bond donors (Lipinski definition) is 1. The van der Waals surface area contributed by atoms with Crippen LogP contribution in [0.4, 0.5) is 0 Å². The number of esters is 1. The predicted octanol–water partition coefficient (Wildman–Crippen LogP) is 0.494. The zero-order chi connectivity index (χ0) is 14.9. The second-order valence-corrected chi connectivity index (χ2v) is 6.27. The van der Waals surface area contributed by atoms with E-state index in [4.69, 9.17) is 14.2 Å². The lowest BCUT2D eigenvalue weighted by Gasteiger charge is -2.21. The smallest absolute Gasteiger partial charge is 0.308 e. The molecule has 0 aromatic carbocycles. The molecular weight excluding hydrogens is 262 g/mol. The van der Waals surface area contributed by atoms with Gasteiger partial charge in [-0.2, -0.15) is 0 Å². The molecule has 114 valence electrons. The summed E-state index contributed by atoms with van der Waals surface area (Å²) in [4.78, 5) is 23.5. The second-order valence-electron chi connectivity index (χ2n) is 6.27. The van der Waals surface area contributed by atoms with Crippen LogP contribution in [0.5, 0.6) is 0 Å². The Kier molecular flexibility index (Phi) is 4.34. The lowest BCUT2D eigenvalue weighted by atomic mass is 9.86. The fraction of sp³-hybridized carbons (Fsp3) is 0.857. The highest BCUT2D eigenvalue weighted by Crippen LogP contribution is 2.39. The Bertz CT molecular complexity index is 389. The molecule has 2 fully saturated rings. The highest BCUT2D eigenvalue weighted by molar-refractivity contribution is 5.83. The van der Waals surface area contributed by atoms with Crippen molar-refractivity contribution in [2.45, 2.75) is 46.0 Å². The van der Waals surface area contributed by atoms with Gasteiger partial charge in [0.25, 0.3) is 0 Å². The van der Waals surface area contributed by atoms with E-state index in [1.807, 2.05) is 13.8 Å². The van der Waals surface area contributed by atoms with E-state index in [-0.39, 0.29) is 42.7 Å². The van der Waals surface area contributed by atoms with Crippen molar-refractivity contribution in [1.82, 2.24) is 5.32 Å². The van der Waals surface area contributed by atoms with Gasteiger partial charge in [0.1, 0.15) is 18.8 Å². The molecule has 0 bridgehead atoms. The summed E-state index contributed by atoms with van der Waals surface area (Å²) in [5.74, 6) is -0.454. The molecule has 20 heavy (non-hydrogen) atoms. The van der Waals surface area contributed by atoms with Crippen LogP contribution in [-0.2, 0) is 23.8 Å². The monoisotopic (exact) mass is 285 g/mol. The Morgan fingerprint density at radius 2 is 2.05 bits per heavy atom. The Labute approximate surface area is 119 Å². The van der Waals surface area contributed by atoms with Crippen LogP contribution >= 0.6 is 0 Å². The number of carbonyl (C=O) groups excluding carboxylic acids is 2. The highest BCUT2D eigenvalue weighted by atomic mass is 16.6. The van der Waals surface area contributed by atoms with Crippen LogP contribution in [-0.4, -0.2) is 49.9 Å². The predicted molar refractivity (Wildman–Crippen MR) is 71.0 cm³/mol. The summed E-state index contributed by atoms with van der Waals surface area (Å²) < 4.78 is 15.7. The molecule has 0 aromatic rings. The van der Waals surface area contributed by atoms with Gasteiger partial charge >= 0.3 is 5.97 Å². The van der Waals surface area contributed by atoms with Crippen molar-refractivity contribution < 1.29 is 23.8 Å². The van der Waals surface area contributed by atoms with Gasteiger partial charge in [-0.25, -0.2) is 0 Å². The number of hydrogen-bond acceptors (Lipinski definition) is 5. The number of nitrogens with one attached hydrogen (secondary N) is 1. The van der Waals surface area contributed by atoms with Gasteiger partial charge in [0.05, 0.1) is 24.0 Å². The molecule has 6 heteroatoms. The van der Waals surface area contributed by atoms with Gasteiger partial charge in [-0.3, -0.25) is 9.59 Å². The fourth-order valence-corrected chi connectivity index (χ4v) is 1.98. The first-order valence-corrected chi connectivity index (χ1v) is 7.04. The molecule has 3 atom stereocenters. The molecule has 3 unspecified atom stereocenters. The van der Waals surface area contributed by atoms with Crippen molar-refractivity contribution >= 4 is 11.9 Å². The maximum atomic E-state index is 12.1. The summed E-state index contributed by atoms with van der Waals surface area (Å²) in [6, 6.07) is 0. The van der Waals surface area contributed by atoms with E-state index in [2.05, 4.69) is 5.32 Å². The highest BCUT2D eigenvalue weighted by Gasteiger charge is 2.54. The molecule has 0 saturated carbocycles. The number of amides is 1. The quantitative estimate of drug-likeness (QED) is 0.544. The number of ether oxygens (including phenoxy) is 3. The van der Waals surface area contributed by atoms with Gasteiger partial charge in [0.15, 0.2) is 0 Å². The maximum Gasteiger partial charge on any atom is 0.308 e. The Balaban J connectivity index is 1.73. The van der Waals surface area contributed by atoms with Gasteiger partial charge in [-0.05, 0) is 13.8 Å². The summed E-state index contributed by atoms with van der Waals surface area (Å²) in [7, 11) is 0. The summed E-state index contributed by atoms with van der Waals surface area (Å²) in [6.07, 6.45) is -0.226. The third-order valence-corrected chi connectivity index (χ3v) is 3.63. The van der Waals surface area contributed by atoms with Crippen molar-refractivity contribution in [2.24, 2.45) is 11.3 Å². The normalized spacial score (nSPS) is 28.1. The van der Waals surface area contributed by atoms with E-state index in [1.54, 1.807) is 13.8 Å². The van der Waals surface area contributed by atoms with Crippen LogP contribution in [0.15, 0.2) is 0 Å². The first kappa shape index (κ1) is 15.3. The zero-order valence-corrected chi connectivity index (χ0v) is 12.5. The third-order valence-electron chi connectivity index (χ3n) is 3.63. The molecule has 0 radical (unpaired) electrons. The molecule has 0 aromatic heterocycles. The molecule has 2 rings (SSSR count). The van der Waals surface area contributed by atoms with Crippen LogP contribution < -0.4 is 5.32 Å². The molecule has 2 aliphatic rings. The van der Waals surface area contributed by atoms with Gasteiger partial charge in [-0.1, -0.05) is 13.8 Å². The molecule has 6 nitrogen and oxygen atoms in total. The number of rotatable bonds is 7. The van der Waals surface area contributed by atoms with E-state index in [0.29, 0.717) is 13.2 Å². The Morgan fingerprint density at radius 1 is 1.40 bits per heavy atom.